The Balaban J connectivity index is 1.59. The lowest BCUT2D eigenvalue weighted by atomic mass is 9.83. The summed E-state index contributed by atoms with van der Waals surface area (Å²) in [7, 11) is -7.92. The topological polar surface area (TPSA) is 167 Å². The molecule has 0 saturated carbocycles. The lowest BCUT2D eigenvalue weighted by Gasteiger charge is -2.34. The molecule has 6 atom stereocenters. The van der Waals surface area contributed by atoms with Crippen molar-refractivity contribution in [1.82, 2.24) is 13.4 Å². The number of carbonyl (C=O) groups is 1. The molecule has 2 aromatic rings. The van der Waals surface area contributed by atoms with Crippen LogP contribution in [-0.4, -0.2) is 87.1 Å². The first-order valence-corrected chi connectivity index (χ1v) is 20.6. The molecule has 2 heterocycles. The highest BCUT2D eigenvalue weighted by Gasteiger charge is 2.37. The van der Waals surface area contributed by atoms with Crippen molar-refractivity contribution in [2.24, 2.45) is 39.9 Å². The summed E-state index contributed by atoms with van der Waals surface area (Å²) in [4.78, 5) is 20.7. The number of hydrogen-bond acceptors (Lipinski definition) is 11. The third kappa shape index (κ3) is 8.13. The van der Waals surface area contributed by atoms with E-state index in [0.29, 0.717) is 43.7 Å². The van der Waals surface area contributed by atoms with E-state index >= 15 is 0 Å². The van der Waals surface area contributed by atoms with Gasteiger partial charge in [0.1, 0.15) is 17.5 Å². The van der Waals surface area contributed by atoms with Crippen LogP contribution in [0, 0.1) is 29.6 Å². The van der Waals surface area contributed by atoms with Gasteiger partial charge in [-0.3, -0.25) is 4.79 Å². The van der Waals surface area contributed by atoms with Gasteiger partial charge in [0.05, 0.1) is 9.79 Å². The molecule has 13 nitrogen and oxygen atoms in total. The van der Waals surface area contributed by atoms with Gasteiger partial charge in [-0.1, -0.05) is 70.4 Å². The Labute approximate surface area is 306 Å². The van der Waals surface area contributed by atoms with Gasteiger partial charge >= 0.3 is 5.97 Å². The third-order valence-electron chi connectivity index (χ3n) is 10.0. The minimum absolute atomic E-state index is 0.00734. The molecule has 2 aliphatic heterocycles. The molecule has 51 heavy (non-hydrogen) atoms. The summed E-state index contributed by atoms with van der Waals surface area (Å²) in [5.74, 6) is -0.0873. The molecule has 0 aromatic heterocycles. The number of fused-ring (bicyclic) bond motifs is 2. The average Bonchev–Trinajstić information content (AvgIpc) is 3.08. The van der Waals surface area contributed by atoms with Gasteiger partial charge in [0.15, 0.2) is 0 Å². The lowest BCUT2D eigenvalue weighted by molar-refractivity contribution is -0.159. The molecular formula is C35H48ClN5O8S2. The number of nitrogens with zero attached hydrogens (tertiary/aromatic N) is 4. The molecule has 1 aliphatic carbocycles. The molecular weight excluding hydrogens is 718 g/mol. The Hall–Kier alpha value is -3.08. The number of hydrogen-bond donors (Lipinski definition) is 2. The van der Waals surface area contributed by atoms with E-state index in [1.165, 1.54) is 45.0 Å². The molecule has 0 amide bonds. The first kappa shape index (κ1) is 39.1. The van der Waals surface area contributed by atoms with Crippen LogP contribution in [0.1, 0.15) is 83.1 Å². The van der Waals surface area contributed by atoms with Crippen LogP contribution in [0.2, 0.25) is 0 Å². The number of rotatable bonds is 11. The maximum atomic E-state index is 14.0. The smallest absolute Gasteiger partial charge is 0.327 e. The SMILES string of the molecule is CCC(C)C(NCl)C(=O)OCON=C1c2cc(S(=O)(=O)N3C[C@H](C)C[C@H](C)C3)ccc2C(=NO)c2ccc(S(=O)(=O)N3C[C@H](C)C[C@H](C)C3)cc21. The summed E-state index contributed by atoms with van der Waals surface area (Å²) in [5.41, 5.74) is 1.34. The van der Waals surface area contributed by atoms with E-state index in [4.69, 9.17) is 21.4 Å². The van der Waals surface area contributed by atoms with Gasteiger partial charge in [-0.2, -0.15) is 8.61 Å². The number of nitrogens with one attached hydrogen (secondary N) is 1. The summed E-state index contributed by atoms with van der Waals surface area (Å²) in [6, 6.07) is 8.06. The van der Waals surface area contributed by atoms with Crippen LogP contribution < -0.4 is 4.84 Å². The second-order valence-corrected chi connectivity index (χ2v) is 18.6. The zero-order chi connectivity index (χ0) is 37.2. The Morgan fingerprint density at radius 3 is 1.69 bits per heavy atom. The van der Waals surface area contributed by atoms with Crippen molar-refractivity contribution in [1.29, 1.82) is 0 Å². The van der Waals surface area contributed by atoms with Gasteiger partial charge in [-0.25, -0.2) is 21.7 Å². The highest BCUT2D eigenvalue weighted by molar-refractivity contribution is 7.89. The fraction of sp³-hybridized carbons (Fsp3) is 0.571. The van der Waals surface area contributed by atoms with Crippen LogP contribution in [0.5, 0.6) is 0 Å². The summed E-state index contributed by atoms with van der Waals surface area (Å²) in [5, 5.41) is 18.1. The first-order valence-electron chi connectivity index (χ1n) is 17.4. The fourth-order valence-corrected chi connectivity index (χ4v) is 11.2. The fourth-order valence-electron chi connectivity index (χ4n) is 7.46. The van der Waals surface area contributed by atoms with E-state index in [-0.39, 0.29) is 61.9 Å². The Morgan fingerprint density at radius 2 is 1.29 bits per heavy atom. The van der Waals surface area contributed by atoms with Crippen molar-refractivity contribution in [3.05, 3.63) is 58.7 Å². The van der Waals surface area contributed by atoms with Crippen molar-refractivity contribution in [3.8, 4) is 0 Å². The van der Waals surface area contributed by atoms with Crippen LogP contribution in [0.25, 0.3) is 0 Å². The summed E-state index contributed by atoms with van der Waals surface area (Å²) in [6.45, 7) is 12.7. The number of sulfonamides is 2. The van der Waals surface area contributed by atoms with Crippen molar-refractivity contribution in [2.75, 3.05) is 33.0 Å². The highest BCUT2D eigenvalue weighted by Crippen LogP contribution is 2.35. The van der Waals surface area contributed by atoms with E-state index in [2.05, 4.69) is 15.1 Å². The molecule has 2 saturated heterocycles. The monoisotopic (exact) mass is 765 g/mol. The minimum atomic E-state index is -3.96. The Bertz CT molecular complexity index is 1770. The Kier molecular flexibility index (Phi) is 12.2. The van der Waals surface area contributed by atoms with E-state index in [1.807, 2.05) is 41.5 Å². The molecule has 0 radical (unpaired) electrons. The second-order valence-electron chi connectivity index (χ2n) is 14.5. The normalized spacial score (nSPS) is 24.2. The number of oxime groups is 2. The van der Waals surface area contributed by atoms with Crippen LogP contribution >= 0.6 is 11.8 Å². The number of halogens is 1. The van der Waals surface area contributed by atoms with Gasteiger partial charge in [0, 0.05) is 48.4 Å². The predicted molar refractivity (Wildman–Crippen MR) is 194 cm³/mol. The largest absolute Gasteiger partial charge is 0.424 e. The maximum Gasteiger partial charge on any atom is 0.327 e. The third-order valence-corrected chi connectivity index (χ3v) is 13.9. The van der Waals surface area contributed by atoms with E-state index in [1.54, 1.807) is 0 Å². The summed E-state index contributed by atoms with van der Waals surface area (Å²) >= 11 is 5.80. The predicted octanol–water partition coefficient (Wildman–Crippen LogP) is 4.99. The molecule has 2 unspecified atom stereocenters. The van der Waals surface area contributed by atoms with Crippen LogP contribution in [0.3, 0.4) is 0 Å². The number of carbonyl (C=O) groups excluding carboxylic acids is 1. The molecule has 2 N–H and O–H groups in total. The van der Waals surface area contributed by atoms with Gasteiger partial charge in [-0.15, -0.1) is 0 Å². The van der Waals surface area contributed by atoms with Crippen LogP contribution in [0.4, 0.5) is 0 Å². The number of piperidine rings is 2. The lowest BCUT2D eigenvalue weighted by Crippen LogP contribution is -2.42. The first-order chi connectivity index (χ1) is 24.1. The zero-order valence-electron chi connectivity index (χ0n) is 29.9. The molecule has 5 rings (SSSR count). The molecule has 3 aliphatic rings. The van der Waals surface area contributed by atoms with Gasteiger partial charge < -0.3 is 14.8 Å². The van der Waals surface area contributed by atoms with E-state index in [0.717, 1.165) is 12.8 Å². The maximum absolute atomic E-state index is 14.0. The molecule has 16 heteroatoms. The molecule has 0 bridgehead atoms. The van der Waals surface area contributed by atoms with Crippen molar-refractivity contribution in [2.45, 2.75) is 76.6 Å². The van der Waals surface area contributed by atoms with E-state index in [9.17, 15) is 26.8 Å². The van der Waals surface area contributed by atoms with Crippen molar-refractivity contribution < 1.29 is 36.4 Å². The van der Waals surface area contributed by atoms with Gasteiger partial charge in [0.25, 0.3) is 6.79 Å². The molecule has 280 valence electrons. The molecule has 0 spiro atoms. The van der Waals surface area contributed by atoms with Crippen molar-refractivity contribution in [3.63, 3.8) is 0 Å². The van der Waals surface area contributed by atoms with Gasteiger partial charge in [-0.05, 0) is 78.5 Å². The standard InChI is InChI=1S/C35H48ClN5O8S2/c1-7-25(6)32(37-36)35(42)48-20-49-39-34-30-14-26(50(44,45)40-16-21(2)12-22(3)17-40)8-10-28(30)33(38-43)29-11-9-27(15-31(29)34)51(46,47)41-18-23(4)13-24(5)19-41/h8-11,14-15,21-25,32,37,43H,7,12-13,16-20H2,1-6H3/t21-,22+,23-,24+,25?,32?. The number of benzene rings is 2. The summed E-state index contributed by atoms with van der Waals surface area (Å²) < 4.78 is 64.3. The quantitative estimate of drug-likeness (QED) is 0.0683. The van der Waals surface area contributed by atoms with Crippen molar-refractivity contribution >= 4 is 49.2 Å². The van der Waals surface area contributed by atoms with Crippen LogP contribution in [0.15, 0.2) is 56.5 Å². The Morgan fingerprint density at radius 1 is 0.843 bits per heavy atom. The average molecular weight is 766 g/mol. The molecule has 2 fully saturated rings. The minimum Gasteiger partial charge on any atom is -0.424 e. The summed E-state index contributed by atoms with van der Waals surface area (Å²) in [6.07, 6.45) is 2.50. The number of ether oxygens (including phenoxy) is 1. The number of esters is 1. The molecule has 2 aromatic carbocycles. The van der Waals surface area contributed by atoms with Crippen LogP contribution in [-0.2, 0) is 34.4 Å². The van der Waals surface area contributed by atoms with E-state index < -0.39 is 38.9 Å². The second kappa shape index (κ2) is 15.9. The highest BCUT2D eigenvalue weighted by atomic mass is 35.5. The zero-order valence-corrected chi connectivity index (χ0v) is 32.3. The van der Waals surface area contributed by atoms with Gasteiger partial charge in [0.2, 0.25) is 20.0 Å².